The summed E-state index contributed by atoms with van der Waals surface area (Å²) >= 11 is 5.09. The minimum Gasteiger partial charge on any atom is -0.361 e. The van der Waals surface area contributed by atoms with E-state index in [1.54, 1.807) is 6.07 Å². The second kappa shape index (κ2) is 8.48. The van der Waals surface area contributed by atoms with Crippen LogP contribution < -0.4 is 0 Å². The Morgan fingerprint density at radius 1 is 1.40 bits per heavy atom. The standard InChI is InChI=1S/C16H22BrN3O3SSi/c1-24-16-18-14(12-6-5-7-13(10-12)20(21)22)15(17)19(16)11-23-8-9-25(2,3)4/h5-7,10H,8-9,11H2,1-4H3. The second-order valence-electron chi connectivity index (χ2n) is 6.82. The first-order valence-corrected chi connectivity index (χ1v) is 13.6. The molecule has 6 nitrogen and oxygen atoms in total. The van der Waals surface area contributed by atoms with Gasteiger partial charge in [0.2, 0.25) is 0 Å². The summed E-state index contributed by atoms with van der Waals surface area (Å²) in [5, 5.41) is 11.8. The lowest BCUT2D eigenvalue weighted by molar-refractivity contribution is -0.384. The molecule has 2 rings (SSSR count). The maximum absolute atomic E-state index is 11.0. The first-order chi connectivity index (χ1) is 11.7. The minimum absolute atomic E-state index is 0.0519. The largest absolute Gasteiger partial charge is 0.361 e. The van der Waals surface area contributed by atoms with Crippen molar-refractivity contribution in [3.05, 3.63) is 39.0 Å². The van der Waals surface area contributed by atoms with Gasteiger partial charge in [0, 0.05) is 32.4 Å². The van der Waals surface area contributed by atoms with Crippen molar-refractivity contribution in [1.29, 1.82) is 0 Å². The van der Waals surface area contributed by atoms with Crippen LogP contribution >= 0.6 is 27.7 Å². The third kappa shape index (κ3) is 5.40. The molecule has 0 aliphatic heterocycles. The summed E-state index contributed by atoms with van der Waals surface area (Å²) in [4.78, 5) is 15.2. The van der Waals surface area contributed by atoms with E-state index in [0.717, 1.165) is 22.4 Å². The summed E-state index contributed by atoms with van der Waals surface area (Å²) in [6, 6.07) is 7.60. The van der Waals surface area contributed by atoms with Gasteiger partial charge in [-0.15, -0.1) is 0 Å². The van der Waals surface area contributed by atoms with E-state index in [9.17, 15) is 10.1 Å². The molecule has 0 bridgehead atoms. The maximum Gasteiger partial charge on any atom is 0.270 e. The molecule has 2 aromatic rings. The summed E-state index contributed by atoms with van der Waals surface area (Å²) in [6.07, 6.45) is 1.95. The van der Waals surface area contributed by atoms with Gasteiger partial charge in [0.15, 0.2) is 5.16 Å². The Labute approximate surface area is 161 Å². The molecule has 0 aliphatic rings. The van der Waals surface area contributed by atoms with Gasteiger partial charge in [-0.3, -0.25) is 14.7 Å². The van der Waals surface area contributed by atoms with Crippen LogP contribution in [0.2, 0.25) is 25.7 Å². The van der Waals surface area contributed by atoms with Crippen LogP contribution in [-0.2, 0) is 11.5 Å². The topological polar surface area (TPSA) is 70.2 Å². The fraction of sp³-hybridized carbons (Fsp3) is 0.438. The van der Waals surface area contributed by atoms with Crippen LogP contribution in [0.1, 0.15) is 0 Å². The Morgan fingerprint density at radius 3 is 2.72 bits per heavy atom. The monoisotopic (exact) mass is 443 g/mol. The third-order valence-electron chi connectivity index (χ3n) is 3.60. The molecule has 1 aromatic heterocycles. The molecule has 0 fully saturated rings. The number of nitrogens with zero attached hydrogens (tertiary/aromatic N) is 3. The Balaban J connectivity index is 2.23. The third-order valence-corrected chi connectivity index (χ3v) is 6.79. The normalized spacial score (nSPS) is 11.7. The number of aromatic nitrogens is 2. The number of hydrogen-bond acceptors (Lipinski definition) is 5. The summed E-state index contributed by atoms with van der Waals surface area (Å²) in [5.41, 5.74) is 1.44. The second-order valence-corrected chi connectivity index (χ2v) is 14.0. The van der Waals surface area contributed by atoms with Crippen molar-refractivity contribution >= 4 is 41.5 Å². The van der Waals surface area contributed by atoms with E-state index in [1.807, 2.05) is 16.9 Å². The van der Waals surface area contributed by atoms with Crippen LogP contribution in [0.4, 0.5) is 5.69 Å². The maximum atomic E-state index is 11.0. The highest BCUT2D eigenvalue weighted by Gasteiger charge is 2.19. The smallest absolute Gasteiger partial charge is 0.270 e. The molecular weight excluding hydrogens is 422 g/mol. The van der Waals surface area contributed by atoms with Gasteiger partial charge in [0.05, 0.1) is 4.92 Å². The summed E-state index contributed by atoms with van der Waals surface area (Å²) in [5.74, 6) is 0. The number of benzene rings is 1. The lowest BCUT2D eigenvalue weighted by atomic mass is 10.1. The number of nitro groups is 1. The number of ether oxygens (including phenoxy) is 1. The SMILES string of the molecule is CSc1nc(-c2cccc([N+](=O)[O-])c2)c(Br)n1COCC[Si](C)(C)C. The molecule has 0 radical (unpaired) electrons. The molecular formula is C16H22BrN3O3SSi. The Hall–Kier alpha value is -1.16. The molecule has 0 N–H and O–H groups in total. The predicted molar refractivity (Wildman–Crippen MR) is 108 cm³/mol. The fourth-order valence-corrected chi connectivity index (χ4v) is 4.18. The molecule has 0 atom stereocenters. The van der Waals surface area contributed by atoms with E-state index in [-0.39, 0.29) is 5.69 Å². The molecule has 0 unspecified atom stereocenters. The highest BCUT2D eigenvalue weighted by molar-refractivity contribution is 9.10. The van der Waals surface area contributed by atoms with E-state index < -0.39 is 13.0 Å². The van der Waals surface area contributed by atoms with Crippen LogP contribution in [0, 0.1) is 10.1 Å². The average Bonchev–Trinajstić information content (AvgIpc) is 2.87. The van der Waals surface area contributed by atoms with Crippen molar-refractivity contribution in [2.75, 3.05) is 12.9 Å². The van der Waals surface area contributed by atoms with E-state index in [4.69, 9.17) is 4.74 Å². The fourth-order valence-electron chi connectivity index (χ4n) is 2.17. The number of hydrogen-bond donors (Lipinski definition) is 0. The van der Waals surface area contributed by atoms with Crippen molar-refractivity contribution in [3.63, 3.8) is 0 Å². The van der Waals surface area contributed by atoms with Crippen molar-refractivity contribution in [3.8, 4) is 11.3 Å². The molecule has 0 amide bonds. The van der Waals surface area contributed by atoms with E-state index in [2.05, 4.69) is 40.6 Å². The number of imidazole rings is 1. The minimum atomic E-state index is -1.13. The number of non-ortho nitro benzene ring substituents is 1. The van der Waals surface area contributed by atoms with Crippen LogP contribution in [0.25, 0.3) is 11.3 Å². The van der Waals surface area contributed by atoms with Crippen LogP contribution in [0.3, 0.4) is 0 Å². The first-order valence-electron chi connectivity index (χ1n) is 7.85. The number of thioether (sulfide) groups is 1. The molecule has 136 valence electrons. The number of rotatable bonds is 8. The van der Waals surface area contributed by atoms with Crippen molar-refractivity contribution < 1.29 is 9.66 Å². The quantitative estimate of drug-likeness (QED) is 0.183. The Kier molecular flexibility index (Phi) is 6.84. The van der Waals surface area contributed by atoms with Gasteiger partial charge in [0.1, 0.15) is 17.0 Å². The number of nitro benzene ring substituents is 1. The zero-order valence-corrected chi connectivity index (χ0v) is 18.2. The van der Waals surface area contributed by atoms with E-state index in [0.29, 0.717) is 18.0 Å². The predicted octanol–water partition coefficient (Wildman–Crippen LogP) is 5.26. The zero-order chi connectivity index (χ0) is 18.6. The van der Waals surface area contributed by atoms with Gasteiger partial charge in [0.25, 0.3) is 5.69 Å². The highest BCUT2D eigenvalue weighted by Crippen LogP contribution is 2.33. The Bertz CT molecular complexity index is 762. The molecule has 1 aromatic carbocycles. The van der Waals surface area contributed by atoms with E-state index >= 15 is 0 Å². The van der Waals surface area contributed by atoms with Gasteiger partial charge in [-0.25, -0.2) is 4.98 Å². The average molecular weight is 444 g/mol. The summed E-state index contributed by atoms with van der Waals surface area (Å²) in [6.45, 7) is 8.08. The molecule has 9 heteroatoms. The number of halogens is 1. The molecule has 0 saturated heterocycles. The molecule has 0 aliphatic carbocycles. The van der Waals surface area contributed by atoms with Crippen LogP contribution in [-0.4, -0.2) is 35.4 Å². The zero-order valence-electron chi connectivity index (χ0n) is 14.8. The van der Waals surface area contributed by atoms with Gasteiger partial charge in [-0.05, 0) is 28.2 Å². The van der Waals surface area contributed by atoms with Crippen molar-refractivity contribution in [1.82, 2.24) is 9.55 Å². The summed E-state index contributed by atoms with van der Waals surface area (Å²) < 4.78 is 8.55. The molecule has 1 heterocycles. The van der Waals surface area contributed by atoms with E-state index in [1.165, 1.54) is 23.9 Å². The van der Waals surface area contributed by atoms with Crippen molar-refractivity contribution in [2.45, 2.75) is 37.6 Å². The molecule has 0 saturated carbocycles. The van der Waals surface area contributed by atoms with Gasteiger partial charge in [-0.2, -0.15) is 0 Å². The summed E-state index contributed by atoms with van der Waals surface area (Å²) in [7, 11) is -1.13. The highest BCUT2D eigenvalue weighted by atomic mass is 79.9. The van der Waals surface area contributed by atoms with Gasteiger partial charge < -0.3 is 4.74 Å². The Morgan fingerprint density at radius 2 is 2.12 bits per heavy atom. The van der Waals surface area contributed by atoms with Crippen molar-refractivity contribution in [2.24, 2.45) is 0 Å². The lowest BCUT2D eigenvalue weighted by Crippen LogP contribution is -2.22. The van der Waals surface area contributed by atoms with Gasteiger partial charge in [-0.1, -0.05) is 43.5 Å². The lowest BCUT2D eigenvalue weighted by Gasteiger charge is -2.16. The van der Waals surface area contributed by atoms with Crippen LogP contribution in [0.15, 0.2) is 34.0 Å². The van der Waals surface area contributed by atoms with Crippen LogP contribution in [0.5, 0.6) is 0 Å². The first kappa shape index (κ1) is 20.2. The molecule has 0 spiro atoms. The molecule has 25 heavy (non-hydrogen) atoms. The van der Waals surface area contributed by atoms with Gasteiger partial charge >= 0.3 is 0 Å².